The predicted octanol–water partition coefficient (Wildman–Crippen LogP) is 2.23. The molecule has 1 heterocycles. The van der Waals surface area contributed by atoms with E-state index in [1.807, 2.05) is 18.2 Å². The lowest BCUT2D eigenvalue weighted by Gasteiger charge is -2.35. The van der Waals surface area contributed by atoms with E-state index in [0.717, 1.165) is 38.2 Å². The molecule has 1 aromatic carbocycles. The van der Waals surface area contributed by atoms with Gasteiger partial charge in [0, 0.05) is 32.2 Å². The van der Waals surface area contributed by atoms with E-state index in [9.17, 15) is 0 Å². The number of hydrogen-bond acceptors (Lipinski definition) is 5. The SMILES string of the molecule is C=CC[C@H](c1cc(OC)c(OC)c(OC)c1)N1CCNCC1. The predicted molar refractivity (Wildman–Crippen MR) is 88.1 cm³/mol. The van der Waals surface area contributed by atoms with Crippen molar-refractivity contribution in [3.8, 4) is 17.2 Å². The van der Waals surface area contributed by atoms with Crippen LogP contribution in [-0.4, -0.2) is 52.4 Å². The molecule has 0 bridgehead atoms. The maximum atomic E-state index is 5.47. The van der Waals surface area contributed by atoms with Gasteiger partial charge in [-0.15, -0.1) is 6.58 Å². The summed E-state index contributed by atoms with van der Waals surface area (Å²) in [5, 5.41) is 3.39. The summed E-state index contributed by atoms with van der Waals surface area (Å²) < 4.78 is 16.4. The number of benzene rings is 1. The van der Waals surface area contributed by atoms with Crippen LogP contribution in [0, 0.1) is 0 Å². The Morgan fingerprint density at radius 3 is 2.18 bits per heavy atom. The van der Waals surface area contributed by atoms with Crippen molar-refractivity contribution in [1.29, 1.82) is 0 Å². The van der Waals surface area contributed by atoms with Gasteiger partial charge in [-0.3, -0.25) is 4.90 Å². The molecule has 1 aliphatic rings. The van der Waals surface area contributed by atoms with E-state index >= 15 is 0 Å². The fraction of sp³-hybridized carbons (Fsp3) is 0.529. The Kier molecular flexibility index (Phi) is 6.10. The topological polar surface area (TPSA) is 43.0 Å². The monoisotopic (exact) mass is 306 g/mol. The first kappa shape index (κ1) is 16.6. The summed E-state index contributed by atoms with van der Waals surface area (Å²) in [5.74, 6) is 2.02. The number of ether oxygens (including phenoxy) is 3. The quantitative estimate of drug-likeness (QED) is 0.783. The molecular weight excluding hydrogens is 280 g/mol. The molecule has 122 valence electrons. The fourth-order valence-electron chi connectivity index (χ4n) is 2.94. The minimum atomic E-state index is 0.272. The number of hydrogen-bond donors (Lipinski definition) is 1. The van der Waals surface area contributed by atoms with Gasteiger partial charge in [-0.05, 0) is 24.1 Å². The molecule has 22 heavy (non-hydrogen) atoms. The van der Waals surface area contributed by atoms with Crippen LogP contribution in [0.4, 0.5) is 0 Å². The smallest absolute Gasteiger partial charge is 0.203 e. The number of rotatable bonds is 7. The first-order chi connectivity index (χ1) is 10.7. The lowest BCUT2D eigenvalue weighted by atomic mass is 10.00. The molecule has 0 amide bonds. The molecule has 1 N–H and O–H groups in total. The van der Waals surface area contributed by atoms with Gasteiger partial charge in [0.15, 0.2) is 11.5 Å². The summed E-state index contributed by atoms with van der Waals surface area (Å²) in [7, 11) is 4.92. The van der Waals surface area contributed by atoms with Crippen LogP contribution in [0.2, 0.25) is 0 Å². The summed E-state index contributed by atoms with van der Waals surface area (Å²) in [6.45, 7) is 7.98. The highest BCUT2D eigenvalue weighted by Crippen LogP contribution is 2.41. The van der Waals surface area contributed by atoms with Gasteiger partial charge in [0.05, 0.1) is 21.3 Å². The molecule has 1 atom stereocenters. The van der Waals surface area contributed by atoms with Crippen LogP contribution in [-0.2, 0) is 0 Å². The second-order valence-electron chi connectivity index (χ2n) is 5.28. The van der Waals surface area contributed by atoms with Gasteiger partial charge in [0.1, 0.15) is 0 Å². The van der Waals surface area contributed by atoms with Crippen LogP contribution < -0.4 is 19.5 Å². The van der Waals surface area contributed by atoms with Gasteiger partial charge >= 0.3 is 0 Å². The number of piperazine rings is 1. The zero-order valence-corrected chi connectivity index (χ0v) is 13.7. The summed E-state index contributed by atoms with van der Waals surface area (Å²) in [6, 6.07) is 4.35. The molecule has 0 unspecified atom stereocenters. The molecule has 0 saturated carbocycles. The third-order valence-corrected chi connectivity index (χ3v) is 4.05. The molecule has 0 aromatic heterocycles. The molecular formula is C17H26N2O3. The highest BCUT2D eigenvalue weighted by Gasteiger charge is 2.24. The van der Waals surface area contributed by atoms with Gasteiger partial charge in [0.2, 0.25) is 5.75 Å². The summed E-state index contributed by atoms with van der Waals surface area (Å²) >= 11 is 0. The summed E-state index contributed by atoms with van der Waals surface area (Å²) in [4.78, 5) is 2.47. The van der Waals surface area contributed by atoms with Gasteiger partial charge in [-0.25, -0.2) is 0 Å². The molecule has 1 aromatic rings. The van der Waals surface area contributed by atoms with E-state index < -0.39 is 0 Å². The summed E-state index contributed by atoms with van der Waals surface area (Å²) in [5.41, 5.74) is 1.16. The van der Waals surface area contributed by atoms with Crippen molar-refractivity contribution in [2.24, 2.45) is 0 Å². The average molecular weight is 306 g/mol. The molecule has 1 saturated heterocycles. The van der Waals surface area contributed by atoms with Crippen molar-refractivity contribution in [1.82, 2.24) is 10.2 Å². The first-order valence-corrected chi connectivity index (χ1v) is 7.60. The highest BCUT2D eigenvalue weighted by molar-refractivity contribution is 5.54. The number of nitrogens with one attached hydrogen (secondary N) is 1. The maximum Gasteiger partial charge on any atom is 0.203 e. The van der Waals surface area contributed by atoms with E-state index in [1.165, 1.54) is 0 Å². The van der Waals surface area contributed by atoms with E-state index in [0.29, 0.717) is 17.2 Å². The Balaban J connectivity index is 2.39. The summed E-state index contributed by atoms with van der Waals surface area (Å²) in [6.07, 6.45) is 2.86. The second-order valence-corrected chi connectivity index (χ2v) is 5.28. The van der Waals surface area contributed by atoms with Crippen molar-refractivity contribution in [2.45, 2.75) is 12.5 Å². The number of methoxy groups -OCH3 is 3. The van der Waals surface area contributed by atoms with Gasteiger partial charge < -0.3 is 19.5 Å². The standard InChI is InChI=1S/C17H26N2O3/c1-5-6-14(19-9-7-18-8-10-19)13-11-15(20-2)17(22-4)16(12-13)21-3/h5,11-12,14,18H,1,6-10H2,2-4H3/t14-/m1/s1. The van der Waals surface area contributed by atoms with E-state index in [2.05, 4.69) is 16.8 Å². The van der Waals surface area contributed by atoms with E-state index in [4.69, 9.17) is 14.2 Å². The molecule has 5 heteroatoms. The van der Waals surface area contributed by atoms with Crippen molar-refractivity contribution in [2.75, 3.05) is 47.5 Å². The Hall–Kier alpha value is -1.72. The fourth-order valence-corrected chi connectivity index (χ4v) is 2.94. The van der Waals surface area contributed by atoms with Crippen molar-refractivity contribution in [3.05, 3.63) is 30.4 Å². The third kappa shape index (κ3) is 3.54. The largest absolute Gasteiger partial charge is 0.493 e. The number of nitrogens with zero attached hydrogens (tertiary/aromatic N) is 1. The average Bonchev–Trinajstić information content (AvgIpc) is 2.59. The van der Waals surface area contributed by atoms with Crippen molar-refractivity contribution < 1.29 is 14.2 Å². The molecule has 0 radical (unpaired) electrons. The van der Waals surface area contributed by atoms with Crippen molar-refractivity contribution in [3.63, 3.8) is 0 Å². The second kappa shape index (κ2) is 8.06. The Bertz CT molecular complexity index is 474. The third-order valence-electron chi connectivity index (χ3n) is 4.05. The maximum absolute atomic E-state index is 5.47. The zero-order chi connectivity index (χ0) is 15.9. The molecule has 0 spiro atoms. The van der Waals surface area contributed by atoms with Crippen LogP contribution in [0.15, 0.2) is 24.8 Å². The highest BCUT2D eigenvalue weighted by atomic mass is 16.5. The van der Waals surface area contributed by atoms with Crippen LogP contribution in [0.5, 0.6) is 17.2 Å². The Morgan fingerprint density at radius 1 is 1.14 bits per heavy atom. The van der Waals surface area contributed by atoms with E-state index in [1.54, 1.807) is 21.3 Å². The molecule has 1 fully saturated rings. The molecule has 1 aliphatic heterocycles. The Morgan fingerprint density at radius 2 is 1.73 bits per heavy atom. The first-order valence-electron chi connectivity index (χ1n) is 7.60. The minimum Gasteiger partial charge on any atom is -0.493 e. The van der Waals surface area contributed by atoms with E-state index in [-0.39, 0.29) is 6.04 Å². The molecule has 5 nitrogen and oxygen atoms in total. The van der Waals surface area contributed by atoms with Crippen LogP contribution in [0.25, 0.3) is 0 Å². The van der Waals surface area contributed by atoms with Crippen molar-refractivity contribution >= 4 is 0 Å². The molecule has 0 aliphatic carbocycles. The van der Waals surface area contributed by atoms with Gasteiger partial charge in [0.25, 0.3) is 0 Å². The van der Waals surface area contributed by atoms with Crippen LogP contribution in [0.1, 0.15) is 18.0 Å². The normalized spacial score (nSPS) is 16.9. The van der Waals surface area contributed by atoms with Crippen LogP contribution in [0.3, 0.4) is 0 Å². The molecule has 2 rings (SSSR count). The van der Waals surface area contributed by atoms with Crippen LogP contribution >= 0.6 is 0 Å². The minimum absolute atomic E-state index is 0.272. The Labute approximate surface area is 132 Å². The van der Waals surface area contributed by atoms with Gasteiger partial charge in [-0.1, -0.05) is 6.08 Å². The lowest BCUT2D eigenvalue weighted by molar-refractivity contribution is 0.174. The lowest BCUT2D eigenvalue weighted by Crippen LogP contribution is -2.45. The van der Waals surface area contributed by atoms with Gasteiger partial charge in [-0.2, -0.15) is 0 Å². The zero-order valence-electron chi connectivity index (χ0n) is 13.7.